The average molecular weight is 313 g/mol. The number of aryl methyl sites for hydroxylation is 3. The van der Waals surface area contributed by atoms with Gasteiger partial charge in [0.15, 0.2) is 0 Å². The first-order chi connectivity index (χ1) is 8.58. The van der Waals surface area contributed by atoms with E-state index < -0.39 is 0 Å². The number of esters is 1. The van der Waals surface area contributed by atoms with Crippen LogP contribution in [-0.4, -0.2) is 13.1 Å². The second kappa shape index (κ2) is 7.57. The monoisotopic (exact) mass is 312 g/mol. The largest absolute Gasteiger partial charge is 0.469 e. The molecule has 18 heavy (non-hydrogen) atoms. The van der Waals surface area contributed by atoms with E-state index in [1.54, 1.807) is 0 Å². The summed E-state index contributed by atoms with van der Waals surface area (Å²) in [5.41, 5.74) is 5.42. The molecule has 0 heterocycles. The number of unbranched alkanes of at least 4 members (excludes halogenated alkanes) is 1. The van der Waals surface area contributed by atoms with Gasteiger partial charge in [-0.2, -0.15) is 0 Å². The SMILES string of the molecule is COC(=O)CCCCc1cc(C)c(CBr)cc1C. The lowest BCUT2D eigenvalue weighted by Gasteiger charge is -2.10. The van der Waals surface area contributed by atoms with Crippen molar-refractivity contribution in [1.29, 1.82) is 0 Å². The summed E-state index contributed by atoms with van der Waals surface area (Å²) in [5, 5.41) is 0.905. The zero-order chi connectivity index (χ0) is 13.5. The Bertz CT molecular complexity index is 413. The number of halogens is 1. The van der Waals surface area contributed by atoms with Gasteiger partial charge in [0.05, 0.1) is 7.11 Å². The molecule has 2 nitrogen and oxygen atoms in total. The number of alkyl halides is 1. The van der Waals surface area contributed by atoms with E-state index in [0.29, 0.717) is 6.42 Å². The highest BCUT2D eigenvalue weighted by atomic mass is 79.9. The van der Waals surface area contributed by atoms with Gasteiger partial charge in [-0.15, -0.1) is 0 Å². The zero-order valence-electron chi connectivity index (χ0n) is 11.4. The van der Waals surface area contributed by atoms with Gasteiger partial charge >= 0.3 is 5.97 Å². The van der Waals surface area contributed by atoms with Gasteiger partial charge in [-0.1, -0.05) is 28.1 Å². The van der Waals surface area contributed by atoms with E-state index in [0.717, 1.165) is 24.6 Å². The Balaban J connectivity index is 2.52. The van der Waals surface area contributed by atoms with Crippen LogP contribution in [0, 0.1) is 13.8 Å². The standard InChI is InChI=1S/C15H21BrO2/c1-11-9-14(10-16)12(2)8-13(11)6-4-5-7-15(17)18-3/h8-9H,4-7,10H2,1-3H3. The number of carbonyl (C=O) groups excluding carboxylic acids is 1. The maximum Gasteiger partial charge on any atom is 0.305 e. The number of hydrogen-bond acceptors (Lipinski definition) is 2. The molecule has 0 aliphatic heterocycles. The highest BCUT2D eigenvalue weighted by molar-refractivity contribution is 9.08. The predicted octanol–water partition coefficient (Wildman–Crippen LogP) is 4.08. The van der Waals surface area contributed by atoms with Crippen LogP contribution < -0.4 is 0 Å². The molecule has 0 N–H and O–H groups in total. The summed E-state index contributed by atoms with van der Waals surface area (Å²) < 4.78 is 4.63. The first kappa shape index (κ1) is 15.2. The minimum atomic E-state index is -0.113. The average Bonchev–Trinajstić information content (AvgIpc) is 2.37. The topological polar surface area (TPSA) is 26.3 Å². The minimum absolute atomic E-state index is 0.113. The van der Waals surface area contributed by atoms with Crippen LogP contribution in [-0.2, 0) is 21.3 Å². The maximum absolute atomic E-state index is 11.0. The van der Waals surface area contributed by atoms with Crippen LogP contribution >= 0.6 is 15.9 Å². The van der Waals surface area contributed by atoms with Gasteiger partial charge in [-0.05, 0) is 55.4 Å². The van der Waals surface area contributed by atoms with Crippen molar-refractivity contribution in [3.05, 3.63) is 34.4 Å². The van der Waals surface area contributed by atoms with Crippen molar-refractivity contribution in [3.8, 4) is 0 Å². The van der Waals surface area contributed by atoms with E-state index in [4.69, 9.17) is 0 Å². The molecule has 0 unspecified atom stereocenters. The van der Waals surface area contributed by atoms with E-state index in [-0.39, 0.29) is 5.97 Å². The maximum atomic E-state index is 11.0. The van der Waals surface area contributed by atoms with Gasteiger partial charge in [0.2, 0.25) is 0 Å². The molecule has 0 fully saturated rings. The van der Waals surface area contributed by atoms with Gasteiger partial charge in [0, 0.05) is 11.8 Å². The summed E-state index contributed by atoms with van der Waals surface area (Å²) in [6, 6.07) is 4.52. The van der Waals surface area contributed by atoms with Crippen LogP contribution in [0.4, 0.5) is 0 Å². The molecule has 0 aliphatic carbocycles. The first-order valence-corrected chi connectivity index (χ1v) is 7.42. The Kier molecular flexibility index (Phi) is 6.41. The summed E-state index contributed by atoms with van der Waals surface area (Å²) in [6.45, 7) is 4.30. The van der Waals surface area contributed by atoms with Crippen molar-refractivity contribution >= 4 is 21.9 Å². The zero-order valence-corrected chi connectivity index (χ0v) is 13.0. The van der Waals surface area contributed by atoms with E-state index in [1.165, 1.54) is 29.4 Å². The molecule has 1 rings (SSSR count). The lowest BCUT2D eigenvalue weighted by Crippen LogP contribution is -2.00. The highest BCUT2D eigenvalue weighted by Gasteiger charge is 2.05. The third-order valence-corrected chi connectivity index (χ3v) is 3.85. The van der Waals surface area contributed by atoms with Gasteiger partial charge in [0.25, 0.3) is 0 Å². The van der Waals surface area contributed by atoms with E-state index in [9.17, 15) is 4.79 Å². The smallest absolute Gasteiger partial charge is 0.305 e. The molecular weight excluding hydrogens is 292 g/mol. The first-order valence-electron chi connectivity index (χ1n) is 6.30. The van der Waals surface area contributed by atoms with Crippen LogP contribution in [0.2, 0.25) is 0 Å². The highest BCUT2D eigenvalue weighted by Crippen LogP contribution is 2.20. The van der Waals surface area contributed by atoms with Crippen LogP contribution in [0.15, 0.2) is 12.1 Å². The lowest BCUT2D eigenvalue weighted by molar-refractivity contribution is -0.140. The third-order valence-electron chi connectivity index (χ3n) is 3.24. The number of carbonyl (C=O) groups is 1. The summed E-state index contributed by atoms with van der Waals surface area (Å²) in [7, 11) is 1.44. The van der Waals surface area contributed by atoms with Gasteiger partial charge < -0.3 is 4.74 Å². The van der Waals surface area contributed by atoms with Crippen molar-refractivity contribution in [1.82, 2.24) is 0 Å². The minimum Gasteiger partial charge on any atom is -0.469 e. The Morgan fingerprint density at radius 3 is 2.39 bits per heavy atom. The summed E-state index contributed by atoms with van der Waals surface area (Å²) in [4.78, 5) is 11.0. The lowest BCUT2D eigenvalue weighted by atomic mass is 9.97. The molecular formula is C15H21BrO2. The number of rotatable bonds is 6. The van der Waals surface area contributed by atoms with Crippen molar-refractivity contribution in [2.24, 2.45) is 0 Å². The molecule has 100 valence electrons. The van der Waals surface area contributed by atoms with Crippen molar-refractivity contribution in [2.45, 2.75) is 44.9 Å². The summed E-state index contributed by atoms with van der Waals surface area (Å²) >= 11 is 3.50. The van der Waals surface area contributed by atoms with E-state index in [2.05, 4.69) is 46.6 Å². The fourth-order valence-corrected chi connectivity index (χ4v) is 2.64. The van der Waals surface area contributed by atoms with Crippen LogP contribution in [0.3, 0.4) is 0 Å². The van der Waals surface area contributed by atoms with Crippen LogP contribution in [0.1, 0.15) is 41.5 Å². The van der Waals surface area contributed by atoms with E-state index in [1.807, 2.05) is 0 Å². The molecule has 0 aliphatic rings. The molecule has 0 spiro atoms. The quantitative estimate of drug-likeness (QED) is 0.449. The number of hydrogen-bond donors (Lipinski definition) is 0. The fraction of sp³-hybridized carbons (Fsp3) is 0.533. The Hall–Kier alpha value is -0.830. The fourth-order valence-electron chi connectivity index (χ4n) is 2.04. The normalized spacial score (nSPS) is 10.4. The van der Waals surface area contributed by atoms with Crippen molar-refractivity contribution < 1.29 is 9.53 Å². The number of methoxy groups -OCH3 is 1. The van der Waals surface area contributed by atoms with Crippen LogP contribution in [0.5, 0.6) is 0 Å². The summed E-state index contributed by atoms with van der Waals surface area (Å²) in [5.74, 6) is -0.113. The molecule has 3 heteroatoms. The molecule has 0 bridgehead atoms. The molecule has 0 atom stereocenters. The van der Waals surface area contributed by atoms with Crippen molar-refractivity contribution in [3.63, 3.8) is 0 Å². The van der Waals surface area contributed by atoms with E-state index >= 15 is 0 Å². The molecule has 0 amide bonds. The predicted molar refractivity (Wildman–Crippen MR) is 78.1 cm³/mol. The molecule has 0 saturated heterocycles. The Labute approximate surface area is 118 Å². The van der Waals surface area contributed by atoms with Gasteiger partial charge in [-0.25, -0.2) is 0 Å². The molecule has 0 aromatic heterocycles. The molecule has 1 aromatic rings. The van der Waals surface area contributed by atoms with Crippen molar-refractivity contribution in [2.75, 3.05) is 7.11 Å². The Morgan fingerprint density at radius 2 is 1.78 bits per heavy atom. The second-order valence-electron chi connectivity index (χ2n) is 4.62. The third kappa shape index (κ3) is 4.45. The molecule has 0 radical (unpaired) electrons. The van der Waals surface area contributed by atoms with Gasteiger partial charge in [0.1, 0.15) is 0 Å². The number of benzene rings is 1. The molecule has 1 aromatic carbocycles. The molecule has 0 saturated carbocycles. The number of ether oxygens (including phenoxy) is 1. The second-order valence-corrected chi connectivity index (χ2v) is 5.18. The summed E-state index contributed by atoms with van der Waals surface area (Å²) in [6.07, 6.45) is 3.48. The van der Waals surface area contributed by atoms with Gasteiger partial charge in [-0.3, -0.25) is 4.79 Å². The Morgan fingerprint density at radius 1 is 1.17 bits per heavy atom. The van der Waals surface area contributed by atoms with Crippen LogP contribution in [0.25, 0.3) is 0 Å².